The molecule has 3 heterocycles. The Bertz CT molecular complexity index is 707. The van der Waals surface area contributed by atoms with Crippen LogP contribution in [0.15, 0.2) is 12.1 Å². The lowest BCUT2D eigenvalue weighted by Crippen LogP contribution is -2.48. The summed E-state index contributed by atoms with van der Waals surface area (Å²) in [6.07, 6.45) is 3.59. The van der Waals surface area contributed by atoms with Crippen molar-refractivity contribution < 1.29 is 14.6 Å². The van der Waals surface area contributed by atoms with Gasteiger partial charge in [-0.05, 0) is 58.7 Å². The quantitative estimate of drug-likeness (QED) is 0.847. The molecule has 5 nitrogen and oxygen atoms in total. The van der Waals surface area contributed by atoms with Crippen molar-refractivity contribution >= 4 is 17.5 Å². The van der Waals surface area contributed by atoms with Crippen LogP contribution in [-0.4, -0.2) is 46.7 Å². The highest BCUT2D eigenvalue weighted by Crippen LogP contribution is 2.46. The standard InChI is InChI=1S/C19H25ClN2O3/c1-19(2)17(23)14-6-10(20)7-15(16(14)25-19)18(24)21-11-8-12-4-5-13(9-11)22(12)3/h6-7,11-13,17,23H,4-5,8-9H2,1-3H3,(H,21,24)/t11?,12-,13+,17?. The Balaban J connectivity index is 1.57. The molecule has 2 N–H and O–H groups in total. The lowest BCUT2D eigenvalue weighted by atomic mass is 9.95. The number of hydrogen-bond donors (Lipinski definition) is 2. The maximum atomic E-state index is 12.9. The van der Waals surface area contributed by atoms with Crippen molar-refractivity contribution in [3.05, 3.63) is 28.3 Å². The first-order valence-corrected chi connectivity index (χ1v) is 9.37. The van der Waals surface area contributed by atoms with Gasteiger partial charge in [-0.3, -0.25) is 4.79 Å². The van der Waals surface area contributed by atoms with Gasteiger partial charge in [0, 0.05) is 28.7 Å². The molecule has 0 saturated carbocycles. The van der Waals surface area contributed by atoms with Crippen molar-refractivity contribution in [1.29, 1.82) is 0 Å². The van der Waals surface area contributed by atoms with Gasteiger partial charge >= 0.3 is 0 Å². The molecule has 2 bridgehead atoms. The number of benzene rings is 1. The van der Waals surface area contributed by atoms with Crippen molar-refractivity contribution in [2.24, 2.45) is 0 Å². The van der Waals surface area contributed by atoms with E-state index >= 15 is 0 Å². The number of aliphatic hydroxyl groups excluding tert-OH is 1. The van der Waals surface area contributed by atoms with Crippen molar-refractivity contribution in [3.63, 3.8) is 0 Å². The first-order chi connectivity index (χ1) is 11.8. The maximum Gasteiger partial charge on any atom is 0.255 e. The molecule has 1 aromatic rings. The number of rotatable bonds is 2. The minimum Gasteiger partial charge on any atom is -0.484 e. The highest BCUT2D eigenvalue weighted by molar-refractivity contribution is 6.31. The lowest BCUT2D eigenvalue weighted by Gasteiger charge is -2.36. The predicted octanol–water partition coefficient (Wildman–Crippen LogP) is 2.90. The molecule has 6 heteroatoms. The van der Waals surface area contributed by atoms with Crippen LogP contribution in [0.1, 0.15) is 61.6 Å². The Labute approximate surface area is 153 Å². The zero-order valence-corrected chi connectivity index (χ0v) is 15.6. The average molecular weight is 365 g/mol. The number of carbonyl (C=O) groups is 1. The number of piperidine rings is 1. The van der Waals surface area contributed by atoms with Crippen LogP contribution in [0.25, 0.3) is 0 Å². The summed E-state index contributed by atoms with van der Waals surface area (Å²) in [7, 11) is 2.18. The van der Waals surface area contributed by atoms with E-state index in [9.17, 15) is 9.90 Å². The van der Waals surface area contributed by atoms with Gasteiger partial charge in [-0.2, -0.15) is 0 Å². The van der Waals surface area contributed by atoms with E-state index in [4.69, 9.17) is 16.3 Å². The number of amides is 1. The fraction of sp³-hybridized carbons (Fsp3) is 0.632. The smallest absolute Gasteiger partial charge is 0.255 e. The second-order valence-electron chi connectivity index (χ2n) is 8.17. The first kappa shape index (κ1) is 17.1. The topological polar surface area (TPSA) is 61.8 Å². The van der Waals surface area contributed by atoms with Crippen LogP contribution in [0.5, 0.6) is 5.75 Å². The fourth-order valence-corrected chi connectivity index (χ4v) is 4.81. The van der Waals surface area contributed by atoms with Crippen LogP contribution in [0, 0.1) is 0 Å². The number of ether oxygens (including phenoxy) is 1. The van der Waals surface area contributed by atoms with Gasteiger partial charge in [-0.15, -0.1) is 0 Å². The van der Waals surface area contributed by atoms with Crippen LogP contribution in [0.2, 0.25) is 5.02 Å². The molecule has 4 rings (SSSR count). The van der Waals surface area contributed by atoms with E-state index < -0.39 is 11.7 Å². The van der Waals surface area contributed by atoms with E-state index in [1.54, 1.807) is 12.1 Å². The second kappa shape index (κ2) is 5.86. The van der Waals surface area contributed by atoms with Crippen molar-refractivity contribution in [2.45, 2.75) is 69.4 Å². The van der Waals surface area contributed by atoms with Gasteiger partial charge in [-0.1, -0.05) is 11.6 Å². The summed E-state index contributed by atoms with van der Waals surface area (Å²) in [5.41, 5.74) is 0.235. The van der Waals surface area contributed by atoms with Crippen LogP contribution >= 0.6 is 11.6 Å². The molecule has 0 aliphatic carbocycles. The molecule has 1 amide bonds. The van der Waals surface area contributed by atoms with E-state index in [1.807, 2.05) is 13.8 Å². The van der Waals surface area contributed by atoms with E-state index in [0.717, 1.165) is 12.8 Å². The molecule has 2 fully saturated rings. The molecule has 3 aliphatic heterocycles. The number of nitrogens with one attached hydrogen (secondary N) is 1. The van der Waals surface area contributed by atoms with Gasteiger partial charge in [0.2, 0.25) is 0 Å². The highest BCUT2D eigenvalue weighted by Gasteiger charge is 2.43. The fourth-order valence-electron chi connectivity index (χ4n) is 4.59. The molecule has 0 radical (unpaired) electrons. The summed E-state index contributed by atoms with van der Waals surface area (Å²) in [6.45, 7) is 3.61. The third-order valence-corrected chi connectivity index (χ3v) is 6.30. The normalized spacial score (nSPS) is 33.0. The molecule has 2 unspecified atom stereocenters. The predicted molar refractivity (Wildman–Crippen MR) is 96.2 cm³/mol. The van der Waals surface area contributed by atoms with Crippen LogP contribution in [0.4, 0.5) is 0 Å². The Kier molecular flexibility index (Phi) is 4.02. The molecular formula is C19H25ClN2O3. The van der Waals surface area contributed by atoms with Crippen LogP contribution in [-0.2, 0) is 0 Å². The second-order valence-corrected chi connectivity index (χ2v) is 8.61. The van der Waals surface area contributed by atoms with Gasteiger partial charge < -0.3 is 20.1 Å². The molecule has 3 aliphatic rings. The average Bonchev–Trinajstić information content (AvgIpc) is 2.89. The van der Waals surface area contributed by atoms with Gasteiger partial charge in [-0.25, -0.2) is 0 Å². The van der Waals surface area contributed by atoms with E-state index in [-0.39, 0.29) is 11.9 Å². The Morgan fingerprint density at radius 3 is 2.60 bits per heavy atom. The van der Waals surface area contributed by atoms with Gasteiger partial charge in [0.05, 0.1) is 5.56 Å². The lowest BCUT2D eigenvalue weighted by molar-refractivity contribution is 0.000260. The molecule has 1 aromatic carbocycles. The number of carbonyl (C=O) groups excluding carboxylic acids is 1. The van der Waals surface area contributed by atoms with E-state index in [1.165, 1.54) is 12.8 Å². The Hall–Kier alpha value is -1.30. The number of fused-ring (bicyclic) bond motifs is 3. The monoisotopic (exact) mass is 364 g/mol. The first-order valence-electron chi connectivity index (χ1n) is 8.99. The number of halogens is 1. The summed E-state index contributed by atoms with van der Waals surface area (Å²) < 4.78 is 5.90. The molecule has 25 heavy (non-hydrogen) atoms. The van der Waals surface area contributed by atoms with Gasteiger partial charge in [0.1, 0.15) is 17.5 Å². The zero-order chi connectivity index (χ0) is 17.9. The molecule has 0 spiro atoms. The number of aliphatic hydroxyl groups is 1. The summed E-state index contributed by atoms with van der Waals surface area (Å²) in [6, 6.07) is 4.61. The van der Waals surface area contributed by atoms with E-state index in [2.05, 4.69) is 17.3 Å². The Morgan fingerprint density at radius 1 is 1.32 bits per heavy atom. The third-order valence-electron chi connectivity index (χ3n) is 6.08. The van der Waals surface area contributed by atoms with Crippen molar-refractivity contribution in [1.82, 2.24) is 10.2 Å². The minimum atomic E-state index is -0.799. The Morgan fingerprint density at radius 2 is 1.96 bits per heavy atom. The van der Waals surface area contributed by atoms with Gasteiger partial charge in [0.15, 0.2) is 0 Å². The van der Waals surface area contributed by atoms with E-state index in [0.29, 0.717) is 34.0 Å². The maximum absolute atomic E-state index is 12.9. The van der Waals surface area contributed by atoms with Crippen LogP contribution in [0.3, 0.4) is 0 Å². The zero-order valence-electron chi connectivity index (χ0n) is 14.9. The summed E-state index contributed by atoms with van der Waals surface area (Å²) in [5.74, 6) is 0.285. The molecule has 2 saturated heterocycles. The summed E-state index contributed by atoms with van der Waals surface area (Å²) >= 11 is 6.20. The summed E-state index contributed by atoms with van der Waals surface area (Å²) in [4.78, 5) is 15.4. The largest absolute Gasteiger partial charge is 0.484 e. The highest BCUT2D eigenvalue weighted by atomic mass is 35.5. The van der Waals surface area contributed by atoms with Gasteiger partial charge in [0.25, 0.3) is 5.91 Å². The molecule has 4 atom stereocenters. The molecule has 136 valence electrons. The number of nitrogens with zero attached hydrogens (tertiary/aromatic N) is 1. The molecule has 0 aromatic heterocycles. The third kappa shape index (κ3) is 2.82. The van der Waals surface area contributed by atoms with Crippen molar-refractivity contribution in [3.8, 4) is 5.75 Å². The van der Waals surface area contributed by atoms with Crippen LogP contribution < -0.4 is 10.1 Å². The number of hydrogen-bond acceptors (Lipinski definition) is 4. The van der Waals surface area contributed by atoms with Crippen molar-refractivity contribution in [2.75, 3.05) is 7.05 Å². The summed E-state index contributed by atoms with van der Waals surface area (Å²) in [5, 5.41) is 14.1. The minimum absolute atomic E-state index is 0.169. The molecular weight excluding hydrogens is 340 g/mol. The SMILES string of the molecule is CN1[C@@H]2CC[C@H]1CC(NC(=O)c1cc(Cl)cc3c1OC(C)(C)C3O)C2.